The van der Waals surface area contributed by atoms with Crippen LogP contribution < -0.4 is 5.43 Å². The summed E-state index contributed by atoms with van der Waals surface area (Å²) >= 11 is 0. The Morgan fingerprint density at radius 3 is 2.34 bits per heavy atom. The van der Waals surface area contributed by atoms with Gasteiger partial charge in [-0.05, 0) is 53.1 Å². The Morgan fingerprint density at radius 1 is 0.743 bits per heavy atom. The number of imidazole rings is 1. The molecule has 0 spiro atoms. The molecule has 0 aliphatic heterocycles. The lowest BCUT2D eigenvalue weighted by molar-refractivity contribution is 0.955. The van der Waals surface area contributed by atoms with Gasteiger partial charge in [-0.2, -0.15) is 0 Å². The third kappa shape index (κ3) is 3.73. The van der Waals surface area contributed by atoms with E-state index in [1.807, 2.05) is 66.3 Å². The first-order valence-corrected chi connectivity index (χ1v) is 11.4. The number of aryl methyl sites for hydroxylation is 1. The second kappa shape index (κ2) is 8.54. The highest BCUT2D eigenvalue weighted by Crippen LogP contribution is 2.36. The van der Waals surface area contributed by atoms with E-state index < -0.39 is 0 Å². The highest BCUT2D eigenvalue weighted by molar-refractivity contribution is 5.96. The lowest BCUT2D eigenvalue weighted by Gasteiger charge is -2.11. The van der Waals surface area contributed by atoms with Gasteiger partial charge >= 0.3 is 0 Å². The van der Waals surface area contributed by atoms with Crippen molar-refractivity contribution in [2.75, 3.05) is 0 Å². The Morgan fingerprint density at radius 2 is 1.54 bits per heavy atom. The van der Waals surface area contributed by atoms with Crippen LogP contribution in [0.5, 0.6) is 0 Å². The first kappa shape index (κ1) is 20.8. The first-order chi connectivity index (χ1) is 17.2. The van der Waals surface area contributed by atoms with Gasteiger partial charge in [-0.3, -0.25) is 9.78 Å². The second-order valence-corrected chi connectivity index (χ2v) is 8.47. The first-order valence-electron chi connectivity index (χ1n) is 11.4. The van der Waals surface area contributed by atoms with Gasteiger partial charge in [-0.25, -0.2) is 4.98 Å². The third-order valence-electron chi connectivity index (χ3n) is 6.29. The van der Waals surface area contributed by atoms with E-state index in [0.29, 0.717) is 11.4 Å². The molecule has 6 rings (SSSR count). The zero-order valence-corrected chi connectivity index (χ0v) is 19.1. The molecule has 3 heterocycles. The molecule has 0 aliphatic carbocycles. The molecule has 0 atom stereocenters. The van der Waals surface area contributed by atoms with Gasteiger partial charge in [0.2, 0.25) is 0 Å². The minimum absolute atomic E-state index is 0.0628. The van der Waals surface area contributed by atoms with Crippen molar-refractivity contribution < 1.29 is 0 Å². The number of benzene rings is 3. The maximum absolute atomic E-state index is 12.5. The Hall–Kier alpha value is -4.77. The molecule has 5 nitrogen and oxygen atoms in total. The molecular formula is C30H22N4O. The summed E-state index contributed by atoms with van der Waals surface area (Å²) in [7, 11) is 1.95. The SMILES string of the molecule is Cn1c(-c2c[nH]ccc2=O)nc2c(-c3cc(-c4ccccc4)cc(-c4ccccn4)c3)cccc21. The molecule has 3 aromatic carbocycles. The Bertz CT molecular complexity index is 1660. The van der Waals surface area contributed by atoms with Gasteiger partial charge in [0.25, 0.3) is 0 Å². The standard InChI is InChI=1S/C30H22N4O/c1-34-27-12-7-10-24(29(27)33-30(34)25-19-31-15-13-28(25)35)22-16-21(20-8-3-2-4-9-20)17-23(18-22)26-11-5-6-14-32-26/h2-19H,1H3,(H,31,35). The van der Waals surface area contributed by atoms with Crippen molar-refractivity contribution in [3.05, 3.63) is 120 Å². The normalized spacial score (nSPS) is 11.1. The topological polar surface area (TPSA) is 63.6 Å². The number of nitrogens with one attached hydrogen (secondary N) is 1. The Balaban J connectivity index is 1.60. The molecule has 168 valence electrons. The van der Waals surface area contributed by atoms with Gasteiger partial charge in [-0.1, -0.05) is 48.5 Å². The van der Waals surface area contributed by atoms with E-state index in [0.717, 1.165) is 44.5 Å². The summed E-state index contributed by atoms with van der Waals surface area (Å²) in [6.45, 7) is 0. The summed E-state index contributed by atoms with van der Waals surface area (Å²) in [6.07, 6.45) is 5.15. The van der Waals surface area contributed by atoms with Gasteiger partial charge in [0, 0.05) is 42.8 Å². The number of aromatic amines is 1. The molecule has 0 radical (unpaired) electrons. The predicted octanol–water partition coefficient (Wildman–Crippen LogP) is 6.32. The van der Waals surface area contributed by atoms with Gasteiger partial charge in [0.05, 0.1) is 22.3 Å². The number of rotatable bonds is 4. The van der Waals surface area contributed by atoms with Gasteiger partial charge < -0.3 is 9.55 Å². The fraction of sp³-hybridized carbons (Fsp3) is 0.0333. The summed E-state index contributed by atoms with van der Waals surface area (Å²) in [5.41, 5.74) is 8.54. The van der Waals surface area contributed by atoms with E-state index in [1.54, 1.807) is 12.4 Å². The average molecular weight is 455 g/mol. The van der Waals surface area contributed by atoms with Crippen LogP contribution in [0.2, 0.25) is 0 Å². The Kier molecular flexibility index (Phi) is 5.08. The van der Waals surface area contributed by atoms with E-state index in [4.69, 9.17) is 4.98 Å². The zero-order chi connectivity index (χ0) is 23.8. The molecule has 0 bridgehead atoms. The van der Waals surface area contributed by atoms with Crippen LogP contribution in [0.1, 0.15) is 0 Å². The van der Waals surface area contributed by atoms with Crippen LogP contribution >= 0.6 is 0 Å². The van der Waals surface area contributed by atoms with Crippen LogP contribution in [0.25, 0.3) is 55.9 Å². The minimum Gasteiger partial charge on any atom is -0.367 e. The summed E-state index contributed by atoms with van der Waals surface area (Å²) in [5, 5.41) is 0. The van der Waals surface area contributed by atoms with Crippen LogP contribution in [0.4, 0.5) is 0 Å². The summed E-state index contributed by atoms with van der Waals surface area (Å²) in [6, 6.07) is 30.5. The molecule has 0 saturated heterocycles. The van der Waals surface area contributed by atoms with Gasteiger partial charge in [0.15, 0.2) is 5.43 Å². The van der Waals surface area contributed by atoms with E-state index in [9.17, 15) is 4.79 Å². The average Bonchev–Trinajstić information content (AvgIpc) is 3.26. The van der Waals surface area contributed by atoms with Crippen molar-refractivity contribution in [1.82, 2.24) is 19.5 Å². The number of aromatic nitrogens is 4. The molecule has 0 fully saturated rings. The molecule has 0 saturated carbocycles. The predicted molar refractivity (Wildman–Crippen MR) is 141 cm³/mol. The van der Waals surface area contributed by atoms with E-state index in [-0.39, 0.29) is 5.43 Å². The van der Waals surface area contributed by atoms with Crippen molar-refractivity contribution in [2.24, 2.45) is 7.05 Å². The smallest absolute Gasteiger partial charge is 0.192 e. The number of H-pyrrole nitrogens is 1. The molecule has 1 N–H and O–H groups in total. The van der Waals surface area contributed by atoms with E-state index >= 15 is 0 Å². The quantitative estimate of drug-likeness (QED) is 0.339. The molecule has 35 heavy (non-hydrogen) atoms. The maximum Gasteiger partial charge on any atom is 0.192 e. The van der Waals surface area contributed by atoms with Crippen LogP contribution in [-0.4, -0.2) is 19.5 Å². The highest BCUT2D eigenvalue weighted by atomic mass is 16.1. The summed E-state index contributed by atoms with van der Waals surface area (Å²) < 4.78 is 1.98. The van der Waals surface area contributed by atoms with E-state index in [1.165, 1.54) is 6.07 Å². The van der Waals surface area contributed by atoms with Crippen LogP contribution in [0.3, 0.4) is 0 Å². The monoisotopic (exact) mass is 454 g/mol. The minimum atomic E-state index is -0.0628. The van der Waals surface area contributed by atoms with Crippen molar-refractivity contribution in [2.45, 2.75) is 0 Å². The number of fused-ring (bicyclic) bond motifs is 1. The number of nitrogens with zero attached hydrogens (tertiary/aromatic N) is 3. The summed E-state index contributed by atoms with van der Waals surface area (Å²) in [4.78, 5) is 25.1. The lowest BCUT2D eigenvalue weighted by atomic mass is 9.94. The molecule has 3 aromatic heterocycles. The Labute approximate surface area is 202 Å². The number of para-hydroxylation sites is 1. The highest BCUT2D eigenvalue weighted by Gasteiger charge is 2.17. The second-order valence-electron chi connectivity index (χ2n) is 8.47. The van der Waals surface area contributed by atoms with Crippen LogP contribution in [0, 0.1) is 0 Å². The maximum atomic E-state index is 12.5. The largest absolute Gasteiger partial charge is 0.367 e. The zero-order valence-electron chi connectivity index (χ0n) is 19.1. The number of hydrogen-bond acceptors (Lipinski definition) is 3. The van der Waals surface area contributed by atoms with Crippen LogP contribution in [0.15, 0.2) is 114 Å². The molecule has 0 aliphatic rings. The molecule has 0 amide bonds. The summed E-state index contributed by atoms with van der Waals surface area (Å²) in [5.74, 6) is 0.637. The third-order valence-corrected chi connectivity index (χ3v) is 6.29. The van der Waals surface area contributed by atoms with Crippen LogP contribution in [-0.2, 0) is 7.05 Å². The van der Waals surface area contributed by atoms with Crippen molar-refractivity contribution in [1.29, 1.82) is 0 Å². The van der Waals surface area contributed by atoms with Crippen molar-refractivity contribution >= 4 is 11.0 Å². The molecule has 5 heteroatoms. The molecule has 6 aromatic rings. The fourth-order valence-corrected chi connectivity index (χ4v) is 4.54. The number of pyridine rings is 2. The van der Waals surface area contributed by atoms with Gasteiger partial charge in [-0.15, -0.1) is 0 Å². The van der Waals surface area contributed by atoms with Gasteiger partial charge in [0.1, 0.15) is 5.82 Å². The number of hydrogen-bond donors (Lipinski definition) is 1. The fourth-order valence-electron chi connectivity index (χ4n) is 4.54. The lowest BCUT2D eigenvalue weighted by Crippen LogP contribution is -2.06. The van der Waals surface area contributed by atoms with Crippen molar-refractivity contribution in [3.63, 3.8) is 0 Å². The molecule has 0 unspecified atom stereocenters. The van der Waals surface area contributed by atoms with E-state index in [2.05, 4.69) is 46.4 Å². The molecular weight excluding hydrogens is 432 g/mol. The van der Waals surface area contributed by atoms with Crippen molar-refractivity contribution in [3.8, 4) is 44.9 Å².